The van der Waals surface area contributed by atoms with Crippen LogP contribution in [0.1, 0.15) is 86.5 Å². The summed E-state index contributed by atoms with van der Waals surface area (Å²) in [5, 5.41) is 11.9. The predicted octanol–water partition coefficient (Wildman–Crippen LogP) is 6.59. The lowest BCUT2D eigenvalue weighted by molar-refractivity contribution is 0.0571. The third-order valence-corrected chi connectivity index (χ3v) is 10.6. The Morgan fingerprint density at radius 1 is 0.800 bits per heavy atom. The first-order chi connectivity index (χ1) is 26.4. The Kier molecular flexibility index (Phi) is 10.2. The van der Waals surface area contributed by atoms with Crippen LogP contribution in [0, 0.1) is 0 Å². The number of fused-ring (bicyclic) bond motifs is 2. The number of nitrogens with one attached hydrogen (secondary N) is 1. The van der Waals surface area contributed by atoms with Crippen LogP contribution in [0.25, 0.3) is 32.4 Å². The van der Waals surface area contributed by atoms with Crippen LogP contribution in [0.2, 0.25) is 0 Å². The first-order valence-electron chi connectivity index (χ1n) is 17.2. The molecule has 2 aliphatic carbocycles. The van der Waals surface area contributed by atoms with E-state index in [9.17, 15) is 24.0 Å². The fourth-order valence-corrected chi connectivity index (χ4v) is 7.29. The lowest BCUT2D eigenvalue weighted by atomic mass is 10.2. The van der Waals surface area contributed by atoms with Crippen molar-refractivity contribution in [2.45, 2.75) is 64.1 Å². The quantitative estimate of drug-likeness (QED) is 0.0891. The van der Waals surface area contributed by atoms with Gasteiger partial charge in [-0.25, -0.2) is 24.4 Å². The number of carbonyl (C=O) groups excluding carboxylic acids is 5. The van der Waals surface area contributed by atoms with Crippen molar-refractivity contribution in [1.29, 1.82) is 0 Å². The van der Waals surface area contributed by atoms with Gasteiger partial charge in [0.05, 0.1) is 58.9 Å². The van der Waals surface area contributed by atoms with E-state index in [1.807, 2.05) is 32.9 Å². The maximum atomic E-state index is 13.1. The smallest absolute Gasteiger partial charge is 0.416 e. The molecule has 2 saturated carbocycles. The zero-order valence-electron chi connectivity index (χ0n) is 30.5. The zero-order chi connectivity index (χ0) is 39.0. The number of aromatic nitrogens is 6. The normalized spacial score (nSPS) is 13.8. The monoisotopic (exact) mass is 784 g/mol. The van der Waals surface area contributed by atoms with Crippen LogP contribution < -0.4 is 10.2 Å². The minimum absolute atomic E-state index is 0.0221. The van der Waals surface area contributed by atoms with Crippen molar-refractivity contribution in [2.75, 3.05) is 24.4 Å². The third kappa shape index (κ3) is 7.95. The number of anilines is 2. The van der Waals surface area contributed by atoms with Crippen LogP contribution >= 0.6 is 22.7 Å². The minimum atomic E-state index is -0.666. The molecule has 0 aliphatic heterocycles. The van der Waals surface area contributed by atoms with Crippen LogP contribution in [0.5, 0.6) is 0 Å². The van der Waals surface area contributed by atoms with E-state index in [4.69, 9.17) is 14.2 Å². The van der Waals surface area contributed by atoms with E-state index in [2.05, 4.69) is 25.5 Å². The Morgan fingerprint density at radius 3 is 1.82 bits per heavy atom. The van der Waals surface area contributed by atoms with Gasteiger partial charge in [0.1, 0.15) is 27.0 Å². The SMILES string of the molecule is COC(=O)c1ccc(-c2cc(N(C(=O)OC(C)(C)C)C3CC3)n3ncc(C=O)c3n2)s1.COC(=O)c1ccc(-c2cc(NC3CC3)n3ncc(C=O)c3n2)s1. The number of ether oxygens (including phenoxy) is 3. The van der Waals surface area contributed by atoms with Gasteiger partial charge in [-0.3, -0.25) is 14.5 Å². The average molecular weight is 785 g/mol. The second-order valence-corrected chi connectivity index (χ2v) is 15.9. The molecule has 16 nitrogen and oxygen atoms in total. The summed E-state index contributed by atoms with van der Waals surface area (Å²) in [6.45, 7) is 5.42. The molecule has 1 amide bonds. The summed E-state index contributed by atoms with van der Waals surface area (Å²) in [4.78, 5) is 72.5. The molecule has 6 aromatic heterocycles. The number of amides is 1. The van der Waals surface area contributed by atoms with Gasteiger partial charge in [0.2, 0.25) is 0 Å². The van der Waals surface area contributed by atoms with Crippen molar-refractivity contribution >= 4 is 76.2 Å². The fourth-order valence-electron chi connectivity index (χ4n) is 5.52. The van der Waals surface area contributed by atoms with E-state index in [-0.39, 0.29) is 12.0 Å². The Balaban J connectivity index is 0.000000174. The number of hydrogen-bond acceptors (Lipinski definition) is 15. The molecule has 2 aliphatic rings. The molecular weight excluding hydrogens is 749 g/mol. The number of esters is 2. The van der Waals surface area contributed by atoms with Crippen molar-refractivity contribution < 1.29 is 38.2 Å². The maximum Gasteiger partial charge on any atom is 0.416 e. The molecule has 0 unspecified atom stereocenters. The van der Waals surface area contributed by atoms with Gasteiger partial charge in [-0.15, -0.1) is 22.7 Å². The van der Waals surface area contributed by atoms with Gasteiger partial charge < -0.3 is 19.5 Å². The average Bonchev–Trinajstić information content (AvgIpc) is 3.89. The summed E-state index contributed by atoms with van der Waals surface area (Å²) in [5.41, 5.74) is 2.09. The number of hydrogen-bond donors (Lipinski definition) is 1. The molecule has 284 valence electrons. The van der Waals surface area contributed by atoms with E-state index in [0.29, 0.717) is 66.6 Å². The Bertz CT molecular complexity index is 2450. The second-order valence-electron chi connectivity index (χ2n) is 13.7. The van der Waals surface area contributed by atoms with Crippen molar-refractivity contribution in [3.05, 3.63) is 69.7 Å². The van der Waals surface area contributed by atoms with E-state index in [1.54, 1.807) is 33.7 Å². The summed E-state index contributed by atoms with van der Waals surface area (Å²) in [7, 11) is 2.67. The summed E-state index contributed by atoms with van der Waals surface area (Å²) in [6, 6.07) is 11.0. The van der Waals surface area contributed by atoms with E-state index < -0.39 is 17.7 Å². The van der Waals surface area contributed by atoms with Crippen molar-refractivity contribution in [1.82, 2.24) is 29.2 Å². The Labute approximate surface area is 322 Å². The summed E-state index contributed by atoms with van der Waals surface area (Å²) in [5.74, 6) is 0.432. The lowest BCUT2D eigenvalue weighted by Crippen LogP contribution is -2.39. The number of nitrogens with zero attached hydrogens (tertiary/aromatic N) is 7. The van der Waals surface area contributed by atoms with E-state index in [0.717, 1.165) is 42.7 Å². The summed E-state index contributed by atoms with van der Waals surface area (Å²) < 4.78 is 18.3. The molecule has 0 bridgehead atoms. The van der Waals surface area contributed by atoms with Gasteiger partial charge in [0.25, 0.3) is 0 Å². The molecule has 0 saturated heterocycles. The first kappa shape index (κ1) is 37.3. The van der Waals surface area contributed by atoms with Crippen LogP contribution in [-0.4, -0.2) is 91.7 Å². The van der Waals surface area contributed by atoms with Crippen LogP contribution in [0.3, 0.4) is 0 Å². The van der Waals surface area contributed by atoms with Gasteiger partial charge in [-0.05, 0) is 70.7 Å². The van der Waals surface area contributed by atoms with Gasteiger partial charge in [0.15, 0.2) is 23.9 Å². The molecule has 2 fully saturated rings. The zero-order valence-corrected chi connectivity index (χ0v) is 32.1. The maximum absolute atomic E-state index is 13.1. The number of methoxy groups -OCH3 is 2. The minimum Gasteiger partial charge on any atom is -0.465 e. The number of aldehydes is 2. The molecule has 18 heteroatoms. The molecular formula is C37H36N8O8S2. The molecule has 0 aromatic carbocycles. The van der Waals surface area contributed by atoms with E-state index >= 15 is 0 Å². The summed E-state index contributed by atoms with van der Waals surface area (Å²) in [6.07, 6.45) is 7.76. The van der Waals surface area contributed by atoms with Gasteiger partial charge in [-0.1, -0.05) is 0 Å². The largest absolute Gasteiger partial charge is 0.465 e. The molecule has 6 aromatic rings. The lowest BCUT2D eigenvalue weighted by Gasteiger charge is -2.27. The molecule has 6 heterocycles. The van der Waals surface area contributed by atoms with Gasteiger partial charge in [-0.2, -0.15) is 19.2 Å². The third-order valence-electron chi connectivity index (χ3n) is 8.40. The highest BCUT2D eigenvalue weighted by atomic mass is 32.1. The van der Waals surface area contributed by atoms with Crippen molar-refractivity contribution in [3.8, 4) is 21.1 Å². The van der Waals surface area contributed by atoms with Crippen LogP contribution in [0.4, 0.5) is 16.4 Å². The molecule has 0 spiro atoms. The molecule has 1 N–H and O–H groups in total. The number of thiophene rings is 2. The predicted molar refractivity (Wildman–Crippen MR) is 204 cm³/mol. The molecule has 0 atom stereocenters. The summed E-state index contributed by atoms with van der Waals surface area (Å²) >= 11 is 2.52. The van der Waals surface area contributed by atoms with Crippen molar-refractivity contribution in [2.24, 2.45) is 0 Å². The standard InChI is InChI=1S/C21H22N4O5S.C16H14N4O3S/c1-21(2,3)30-20(28)24(13-5-6-13)17-9-14(15-7-8-16(31-15)19(27)29-4)23-18-12(11-26)10-22-25(17)18;1-23-16(22)13-5-4-12(24-13)11-6-14(18-10-2-3-10)20-15(19-11)9(8-21)7-17-20/h7-11,13H,5-6H2,1-4H3;4-8,10,18H,2-3H2,1H3. The highest BCUT2D eigenvalue weighted by Crippen LogP contribution is 2.37. The van der Waals surface area contributed by atoms with Gasteiger partial charge >= 0.3 is 18.0 Å². The fraction of sp³-hybridized carbons (Fsp3) is 0.324. The topological polar surface area (TPSA) is 189 Å². The van der Waals surface area contributed by atoms with E-state index in [1.165, 1.54) is 53.8 Å². The molecule has 8 rings (SSSR count). The molecule has 0 radical (unpaired) electrons. The Morgan fingerprint density at radius 2 is 1.33 bits per heavy atom. The van der Waals surface area contributed by atoms with Gasteiger partial charge in [0, 0.05) is 24.2 Å². The number of carbonyl (C=O) groups is 5. The second kappa shape index (κ2) is 15.0. The highest BCUT2D eigenvalue weighted by Gasteiger charge is 2.38. The Hall–Kier alpha value is -6.01. The first-order valence-corrected chi connectivity index (χ1v) is 18.9. The van der Waals surface area contributed by atoms with Crippen LogP contribution in [-0.2, 0) is 14.2 Å². The molecule has 55 heavy (non-hydrogen) atoms. The van der Waals surface area contributed by atoms with Crippen LogP contribution in [0.15, 0.2) is 48.8 Å². The highest BCUT2D eigenvalue weighted by molar-refractivity contribution is 7.17. The number of rotatable bonds is 10. The van der Waals surface area contributed by atoms with Crippen molar-refractivity contribution in [3.63, 3.8) is 0 Å².